The summed E-state index contributed by atoms with van der Waals surface area (Å²) in [4.78, 5) is 22.5. The molecule has 0 spiro atoms. The number of halogens is 1. The minimum Gasteiger partial charge on any atom is -0.494 e. The highest BCUT2D eigenvalue weighted by molar-refractivity contribution is 6.31. The Morgan fingerprint density at radius 2 is 1.91 bits per heavy atom. The van der Waals surface area contributed by atoms with E-state index in [2.05, 4.69) is 26.6 Å². The first kappa shape index (κ1) is 22.3. The van der Waals surface area contributed by atoms with Crippen molar-refractivity contribution < 1.29 is 4.74 Å². The molecule has 1 aliphatic rings. The Balaban J connectivity index is 1.53. The molecule has 3 N–H and O–H groups in total. The van der Waals surface area contributed by atoms with Gasteiger partial charge in [0, 0.05) is 61.3 Å². The van der Waals surface area contributed by atoms with E-state index in [1.807, 2.05) is 48.5 Å². The average molecular weight is 476 g/mol. The van der Waals surface area contributed by atoms with Gasteiger partial charge in [0.05, 0.1) is 29.4 Å². The molecular weight excluding hydrogens is 450 g/mol. The van der Waals surface area contributed by atoms with Crippen LogP contribution in [0.4, 0.5) is 17.1 Å². The number of piperazine rings is 1. The minimum atomic E-state index is -0.201. The van der Waals surface area contributed by atoms with Crippen molar-refractivity contribution in [2.45, 2.75) is 6.42 Å². The summed E-state index contributed by atoms with van der Waals surface area (Å²) in [5.74, 6) is 0.709. The lowest BCUT2D eigenvalue weighted by Crippen LogP contribution is -2.43. The molecule has 8 heteroatoms. The van der Waals surface area contributed by atoms with E-state index in [0.29, 0.717) is 33.8 Å². The van der Waals surface area contributed by atoms with Crippen molar-refractivity contribution in [2.24, 2.45) is 0 Å². The molecule has 0 saturated carbocycles. The van der Waals surface area contributed by atoms with Gasteiger partial charge in [0.2, 0.25) is 0 Å². The van der Waals surface area contributed by atoms with Crippen LogP contribution in [0.15, 0.2) is 65.6 Å². The molecule has 1 fully saturated rings. The van der Waals surface area contributed by atoms with Crippen LogP contribution >= 0.6 is 11.6 Å². The van der Waals surface area contributed by atoms with Crippen LogP contribution < -0.4 is 25.8 Å². The third-order valence-electron chi connectivity index (χ3n) is 6.05. The van der Waals surface area contributed by atoms with Gasteiger partial charge < -0.3 is 25.3 Å². The second kappa shape index (κ2) is 9.75. The van der Waals surface area contributed by atoms with Crippen molar-refractivity contribution in [3.63, 3.8) is 0 Å². The number of hydrogen-bond acceptors (Lipinski definition) is 6. The second-order valence-electron chi connectivity index (χ2n) is 8.24. The first-order valence-electron chi connectivity index (χ1n) is 11.3. The van der Waals surface area contributed by atoms with E-state index in [0.717, 1.165) is 48.8 Å². The summed E-state index contributed by atoms with van der Waals surface area (Å²) in [6.07, 6.45) is 2.17. The normalized spacial score (nSPS) is 13.8. The predicted molar refractivity (Wildman–Crippen MR) is 138 cm³/mol. The van der Waals surface area contributed by atoms with Gasteiger partial charge >= 0.3 is 0 Å². The summed E-state index contributed by atoms with van der Waals surface area (Å²) in [7, 11) is 1.66. The smallest absolute Gasteiger partial charge is 0.259 e. The van der Waals surface area contributed by atoms with Crippen LogP contribution in [0.2, 0.25) is 5.02 Å². The zero-order chi connectivity index (χ0) is 23.5. The number of anilines is 3. The summed E-state index contributed by atoms with van der Waals surface area (Å²) in [6, 6.07) is 17.5. The fourth-order valence-electron chi connectivity index (χ4n) is 4.32. The predicted octanol–water partition coefficient (Wildman–Crippen LogP) is 4.33. The highest BCUT2D eigenvalue weighted by Crippen LogP contribution is 2.34. The molecule has 0 atom stereocenters. The number of H-pyrrole nitrogens is 1. The van der Waals surface area contributed by atoms with Crippen molar-refractivity contribution >= 4 is 39.6 Å². The van der Waals surface area contributed by atoms with Gasteiger partial charge in [-0.3, -0.25) is 9.78 Å². The van der Waals surface area contributed by atoms with Crippen LogP contribution in [0, 0.1) is 0 Å². The number of aromatic nitrogens is 2. The van der Waals surface area contributed by atoms with Crippen molar-refractivity contribution in [1.82, 2.24) is 15.3 Å². The third kappa shape index (κ3) is 4.58. The van der Waals surface area contributed by atoms with E-state index in [9.17, 15) is 4.79 Å². The summed E-state index contributed by atoms with van der Waals surface area (Å²) in [5.41, 5.74) is 4.76. The van der Waals surface area contributed by atoms with E-state index in [1.165, 1.54) is 0 Å². The van der Waals surface area contributed by atoms with Crippen LogP contribution in [0.1, 0.15) is 11.3 Å². The fourth-order valence-corrected chi connectivity index (χ4v) is 4.52. The number of methoxy groups -OCH3 is 1. The van der Waals surface area contributed by atoms with Crippen LogP contribution in [0.3, 0.4) is 0 Å². The van der Waals surface area contributed by atoms with Crippen LogP contribution in [0.25, 0.3) is 10.9 Å². The quantitative estimate of drug-likeness (QED) is 0.385. The van der Waals surface area contributed by atoms with Crippen molar-refractivity contribution in [3.8, 4) is 5.75 Å². The highest BCUT2D eigenvalue weighted by Gasteiger charge is 2.16. The fraction of sp³-hybridized carbons (Fsp3) is 0.231. The third-order valence-corrected chi connectivity index (χ3v) is 6.42. The Bertz CT molecular complexity index is 1380. The topological polar surface area (TPSA) is 82.3 Å². The molecule has 3 heterocycles. The molecular formula is C26H26ClN5O2. The minimum absolute atomic E-state index is 0.201. The van der Waals surface area contributed by atoms with Gasteiger partial charge in [-0.1, -0.05) is 29.8 Å². The maximum atomic E-state index is 12.7. The number of aromatic amines is 1. The number of pyridine rings is 2. The molecule has 2 aromatic carbocycles. The number of nitrogens with one attached hydrogen (secondary N) is 3. The van der Waals surface area contributed by atoms with Gasteiger partial charge in [0.1, 0.15) is 5.75 Å². The lowest BCUT2D eigenvalue weighted by molar-refractivity contribution is 0.416. The summed E-state index contributed by atoms with van der Waals surface area (Å²) < 4.78 is 5.71. The molecule has 0 amide bonds. The van der Waals surface area contributed by atoms with Crippen LogP contribution in [0.5, 0.6) is 5.75 Å². The van der Waals surface area contributed by atoms with Crippen LogP contribution in [-0.2, 0) is 6.42 Å². The van der Waals surface area contributed by atoms with E-state index >= 15 is 0 Å². The van der Waals surface area contributed by atoms with Gasteiger partial charge in [-0.15, -0.1) is 0 Å². The zero-order valence-corrected chi connectivity index (χ0v) is 19.7. The Kier molecular flexibility index (Phi) is 6.38. The van der Waals surface area contributed by atoms with Gasteiger partial charge in [-0.2, -0.15) is 0 Å². The maximum Gasteiger partial charge on any atom is 0.259 e. The summed E-state index contributed by atoms with van der Waals surface area (Å²) >= 11 is 6.38. The second-order valence-corrected chi connectivity index (χ2v) is 8.65. The molecule has 4 aromatic rings. The van der Waals surface area contributed by atoms with E-state index in [-0.39, 0.29) is 5.56 Å². The number of hydrogen-bond donors (Lipinski definition) is 3. The Hall–Kier alpha value is -3.55. The monoisotopic (exact) mass is 475 g/mol. The molecule has 34 heavy (non-hydrogen) atoms. The average Bonchev–Trinajstić information content (AvgIpc) is 2.86. The lowest BCUT2D eigenvalue weighted by Gasteiger charge is -2.30. The summed E-state index contributed by atoms with van der Waals surface area (Å²) in [5, 5.41) is 7.99. The molecule has 1 saturated heterocycles. The number of rotatable bonds is 6. The van der Waals surface area contributed by atoms with Crippen LogP contribution in [-0.4, -0.2) is 43.3 Å². The molecule has 174 valence electrons. The standard InChI is InChI=1S/C26H26ClN5O2/c1-34-24-16-19(32-12-10-28-11-13-32)6-7-21(24)31-23-15-18(14-17-4-2-3-5-20(17)27)30-22-8-9-29-26(33)25(22)23/h2-9,15-16,28H,10-14H2,1H3,(H,29,33)(H,30,31). The van der Waals surface area contributed by atoms with E-state index in [4.69, 9.17) is 21.3 Å². The SMILES string of the molecule is COc1cc(N2CCNCC2)ccc1Nc1cc(Cc2ccccc2Cl)nc2cc[nH]c(=O)c12. The Labute approximate surface area is 202 Å². The number of fused-ring (bicyclic) bond motifs is 1. The molecule has 0 aliphatic carbocycles. The van der Waals surface area contributed by atoms with Gasteiger partial charge in [-0.25, -0.2) is 0 Å². The number of ether oxygens (including phenoxy) is 1. The van der Waals surface area contributed by atoms with Gasteiger partial charge in [-0.05, 0) is 35.9 Å². The van der Waals surface area contributed by atoms with Crippen molar-refractivity contribution in [2.75, 3.05) is 43.5 Å². The summed E-state index contributed by atoms with van der Waals surface area (Å²) in [6.45, 7) is 3.82. The maximum absolute atomic E-state index is 12.7. The van der Waals surface area contributed by atoms with Crippen molar-refractivity contribution in [1.29, 1.82) is 0 Å². The Morgan fingerprint density at radius 1 is 1.09 bits per heavy atom. The van der Waals surface area contributed by atoms with Gasteiger partial charge in [0.25, 0.3) is 5.56 Å². The largest absolute Gasteiger partial charge is 0.494 e. The molecule has 2 aromatic heterocycles. The van der Waals surface area contributed by atoms with Crippen molar-refractivity contribution in [3.05, 3.63) is 87.4 Å². The van der Waals surface area contributed by atoms with E-state index in [1.54, 1.807) is 13.3 Å². The number of nitrogens with zero attached hydrogens (tertiary/aromatic N) is 2. The molecule has 5 rings (SSSR count). The molecule has 0 bridgehead atoms. The zero-order valence-electron chi connectivity index (χ0n) is 18.9. The van der Waals surface area contributed by atoms with E-state index < -0.39 is 0 Å². The first-order valence-corrected chi connectivity index (χ1v) is 11.7. The van der Waals surface area contributed by atoms with Gasteiger partial charge in [0.15, 0.2) is 0 Å². The number of benzene rings is 2. The molecule has 0 radical (unpaired) electrons. The Morgan fingerprint density at radius 3 is 2.71 bits per heavy atom. The first-order chi connectivity index (χ1) is 16.6. The lowest BCUT2D eigenvalue weighted by atomic mass is 10.1. The molecule has 1 aliphatic heterocycles. The molecule has 7 nitrogen and oxygen atoms in total. The highest BCUT2D eigenvalue weighted by atomic mass is 35.5. The molecule has 0 unspecified atom stereocenters.